The second-order valence-electron chi connectivity index (χ2n) is 8.94. The number of aromatic hydroxyl groups is 1. The predicted molar refractivity (Wildman–Crippen MR) is 139 cm³/mol. The number of amides is 2. The highest BCUT2D eigenvalue weighted by atomic mass is 35.5. The highest BCUT2D eigenvalue weighted by molar-refractivity contribution is 6.32. The molecule has 7 nitrogen and oxygen atoms in total. The van der Waals surface area contributed by atoms with Crippen LogP contribution in [-0.2, 0) is 11.2 Å². The van der Waals surface area contributed by atoms with Gasteiger partial charge in [0.25, 0.3) is 5.91 Å². The van der Waals surface area contributed by atoms with Gasteiger partial charge >= 0.3 is 0 Å². The van der Waals surface area contributed by atoms with Gasteiger partial charge in [0.15, 0.2) is 0 Å². The van der Waals surface area contributed by atoms with Crippen LogP contribution in [0.15, 0.2) is 59.7 Å². The number of phenols is 1. The van der Waals surface area contributed by atoms with Crippen LogP contribution in [0.3, 0.4) is 0 Å². The number of nitrogens with one attached hydrogen (secondary N) is 1. The average molecular weight is 493 g/mol. The third-order valence-corrected chi connectivity index (χ3v) is 6.90. The van der Waals surface area contributed by atoms with Crippen molar-refractivity contribution in [2.75, 3.05) is 27.2 Å². The van der Waals surface area contributed by atoms with E-state index in [0.717, 1.165) is 47.8 Å². The summed E-state index contributed by atoms with van der Waals surface area (Å²) in [5, 5.41) is 15.6. The lowest BCUT2D eigenvalue weighted by molar-refractivity contribution is -0.132. The van der Waals surface area contributed by atoms with E-state index < -0.39 is 5.91 Å². The molecule has 3 aromatic rings. The monoisotopic (exact) mass is 492 g/mol. The molecule has 1 saturated heterocycles. The molecule has 1 aliphatic rings. The highest BCUT2D eigenvalue weighted by Gasteiger charge is 2.24. The molecule has 0 atom stereocenters. The Bertz CT molecular complexity index is 1270. The van der Waals surface area contributed by atoms with E-state index in [1.54, 1.807) is 6.21 Å². The summed E-state index contributed by atoms with van der Waals surface area (Å²) in [7, 11) is 4.02. The fourth-order valence-electron chi connectivity index (χ4n) is 4.40. The van der Waals surface area contributed by atoms with Crippen LogP contribution in [-0.4, -0.2) is 66.2 Å². The number of fused-ring (bicyclic) bond motifs is 1. The highest BCUT2D eigenvalue weighted by Crippen LogP contribution is 2.25. The SMILES string of the molecule is CN1CCC(N(C)C(=O)Cc2ccc(/C=N/NC(=O)c3ccc(O)c(Cl)c3)c3ccccc23)CC1. The van der Waals surface area contributed by atoms with E-state index >= 15 is 0 Å². The van der Waals surface area contributed by atoms with Gasteiger partial charge < -0.3 is 14.9 Å². The lowest BCUT2D eigenvalue weighted by Crippen LogP contribution is -2.45. The summed E-state index contributed by atoms with van der Waals surface area (Å²) in [5.74, 6) is -0.410. The number of hydrogen-bond acceptors (Lipinski definition) is 5. The van der Waals surface area contributed by atoms with Crippen molar-refractivity contribution in [2.24, 2.45) is 5.10 Å². The molecule has 0 aromatic heterocycles. The number of benzene rings is 3. The van der Waals surface area contributed by atoms with E-state index in [9.17, 15) is 14.7 Å². The first-order valence-corrected chi connectivity index (χ1v) is 12.0. The van der Waals surface area contributed by atoms with Crippen molar-refractivity contribution in [1.82, 2.24) is 15.2 Å². The Kier molecular flexibility index (Phi) is 7.68. The van der Waals surface area contributed by atoms with Gasteiger partial charge in [0.2, 0.25) is 5.91 Å². The Morgan fingerprint density at radius 2 is 1.86 bits per heavy atom. The van der Waals surface area contributed by atoms with Crippen LogP contribution < -0.4 is 5.43 Å². The molecule has 2 N–H and O–H groups in total. The van der Waals surface area contributed by atoms with Crippen molar-refractivity contribution in [3.8, 4) is 5.75 Å². The summed E-state index contributed by atoms with van der Waals surface area (Å²) >= 11 is 5.88. The first-order valence-electron chi connectivity index (χ1n) is 11.6. The van der Waals surface area contributed by atoms with Crippen molar-refractivity contribution < 1.29 is 14.7 Å². The van der Waals surface area contributed by atoms with Gasteiger partial charge in [0.05, 0.1) is 17.7 Å². The minimum atomic E-state index is -0.438. The van der Waals surface area contributed by atoms with Gasteiger partial charge in [-0.15, -0.1) is 0 Å². The van der Waals surface area contributed by atoms with Crippen LogP contribution in [0, 0.1) is 0 Å². The summed E-state index contributed by atoms with van der Waals surface area (Å²) < 4.78 is 0. The molecule has 0 bridgehead atoms. The van der Waals surface area contributed by atoms with Crippen molar-refractivity contribution in [3.05, 3.63) is 76.3 Å². The van der Waals surface area contributed by atoms with E-state index in [2.05, 4.69) is 22.5 Å². The second-order valence-corrected chi connectivity index (χ2v) is 9.35. The van der Waals surface area contributed by atoms with Crippen molar-refractivity contribution >= 4 is 40.4 Å². The average Bonchev–Trinajstić information content (AvgIpc) is 2.86. The minimum absolute atomic E-state index is 0.0886. The van der Waals surface area contributed by atoms with Crippen molar-refractivity contribution in [2.45, 2.75) is 25.3 Å². The van der Waals surface area contributed by atoms with Gasteiger partial charge in [-0.3, -0.25) is 9.59 Å². The Labute approximate surface area is 210 Å². The number of piperidine rings is 1. The second kappa shape index (κ2) is 10.9. The Morgan fingerprint density at radius 1 is 1.14 bits per heavy atom. The van der Waals surface area contributed by atoms with E-state index in [4.69, 9.17) is 11.6 Å². The number of hydrazone groups is 1. The fourth-order valence-corrected chi connectivity index (χ4v) is 4.58. The van der Waals surface area contributed by atoms with Crippen LogP contribution in [0.1, 0.15) is 34.3 Å². The maximum atomic E-state index is 13.1. The van der Waals surface area contributed by atoms with Crippen LogP contribution in [0.5, 0.6) is 5.75 Å². The van der Waals surface area contributed by atoms with Crippen LogP contribution in [0.25, 0.3) is 10.8 Å². The molecule has 3 aromatic carbocycles. The van der Waals surface area contributed by atoms with Gasteiger partial charge in [0, 0.05) is 24.2 Å². The Balaban J connectivity index is 1.48. The number of likely N-dealkylation sites (N-methyl/N-ethyl adjacent to an activating group) is 1. The fraction of sp³-hybridized carbons (Fsp3) is 0.296. The molecule has 0 radical (unpaired) electrons. The molecule has 1 aliphatic heterocycles. The molecule has 0 spiro atoms. The topological polar surface area (TPSA) is 85.2 Å². The summed E-state index contributed by atoms with van der Waals surface area (Å²) in [6.07, 6.45) is 3.91. The molecule has 35 heavy (non-hydrogen) atoms. The Morgan fingerprint density at radius 3 is 2.57 bits per heavy atom. The van der Waals surface area contributed by atoms with Gasteiger partial charge in [0.1, 0.15) is 5.75 Å². The number of hydrogen-bond donors (Lipinski definition) is 2. The minimum Gasteiger partial charge on any atom is -0.506 e. The lowest BCUT2D eigenvalue weighted by Gasteiger charge is -2.35. The lowest BCUT2D eigenvalue weighted by atomic mass is 9.97. The number of carbonyl (C=O) groups excluding carboxylic acids is 2. The quantitative estimate of drug-likeness (QED) is 0.401. The Hall–Kier alpha value is -3.42. The van der Waals surface area contributed by atoms with E-state index in [1.165, 1.54) is 18.2 Å². The molecule has 4 rings (SSSR count). The smallest absolute Gasteiger partial charge is 0.271 e. The van der Waals surface area contributed by atoms with E-state index in [-0.39, 0.29) is 28.3 Å². The molecule has 0 saturated carbocycles. The zero-order chi connectivity index (χ0) is 24.9. The number of halogens is 1. The standard InChI is InChI=1S/C27H29ClN4O3/c1-31-13-11-21(12-14-31)32(2)26(34)16-18-7-8-20(23-6-4-3-5-22(18)23)17-29-30-27(35)19-9-10-25(33)24(28)15-19/h3-10,15,17,21,33H,11-14,16H2,1-2H3,(H,30,35)/b29-17+. The molecule has 0 unspecified atom stereocenters. The molecule has 182 valence electrons. The first-order chi connectivity index (χ1) is 16.8. The molecule has 1 fully saturated rings. The van der Waals surface area contributed by atoms with Gasteiger partial charge in [-0.05, 0) is 67.5 Å². The maximum absolute atomic E-state index is 13.1. The van der Waals surface area contributed by atoms with E-state index in [0.29, 0.717) is 6.42 Å². The number of rotatable bonds is 6. The largest absolute Gasteiger partial charge is 0.506 e. The van der Waals surface area contributed by atoms with Crippen LogP contribution in [0.4, 0.5) is 0 Å². The third kappa shape index (κ3) is 5.81. The first kappa shape index (κ1) is 24.7. The van der Waals surface area contributed by atoms with Crippen molar-refractivity contribution in [3.63, 3.8) is 0 Å². The number of carbonyl (C=O) groups is 2. The zero-order valence-electron chi connectivity index (χ0n) is 19.9. The third-order valence-electron chi connectivity index (χ3n) is 6.60. The van der Waals surface area contributed by atoms with Gasteiger partial charge in [-0.2, -0.15) is 5.10 Å². The number of phenolic OH excluding ortho intramolecular Hbond substituents is 1. The predicted octanol–water partition coefficient (Wildman–Crippen LogP) is 4.06. The van der Waals surface area contributed by atoms with Crippen LogP contribution in [0.2, 0.25) is 5.02 Å². The molecule has 8 heteroatoms. The molecular weight excluding hydrogens is 464 g/mol. The number of likely N-dealkylation sites (tertiary alicyclic amines) is 1. The normalized spacial score (nSPS) is 14.9. The summed E-state index contributed by atoms with van der Waals surface area (Å²) in [6, 6.07) is 16.2. The molecule has 1 heterocycles. The van der Waals surface area contributed by atoms with Gasteiger partial charge in [-0.25, -0.2) is 5.43 Å². The summed E-state index contributed by atoms with van der Waals surface area (Å²) in [5.41, 5.74) is 4.56. The maximum Gasteiger partial charge on any atom is 0.271 e. The van der Waals surface area contributed by atoms with E-state index in [1.807, 2.05) is 48.3 Å². The number of nitrogens with zero attached hydrogens (tertiary/aromatic N) is 3. The van der Waals surface area contributed by atoms with Crippen LogP contribution >= 0.6 is 11.6 Å². The zero-order valence-corrected chi connectivity index (χ0v) is 20.6. The summed E-state index contributed by atoms with van der Waals surface area (Å²) in [6.45, 7) is 2.02. The molecular formula is C27H29ClN4O3. The molecule has 2 amide bonds. The van der Waals surface area contributed by atoms with Crippen molar-refractivity contribution in [1.29, 1.82) is 0 Å². The van der Waals surface area contributed by atoms with Gasteiger partial charge in [-0.1, -0.05) is 48.0 Å². The summed E-state index contributed by atoms with van der Waals surface area (Å²) in [4.78, 5) is 29.6. The molecule has 0 aliphatic carbocycles.